The summed E-state index contributed by atoms with van der Waals surface area (Å²) < 4.78 is 0. The summed E-state index contributed by atoms with van der Waals surface area (Å²) in [7, 11) is 0. The van der Waals surface area contributed by atoms with Crippen LogP contribution in [0.4, 0.5) is 0 Å². The van der Waals surface area contributed by atoms with Gasteiger partial charge in [0.25, 0.3) is 0 Å². The number of hydrogen-bond donors (Lipinski definition) is 1. The second kappa shape index (κ2) is 16.2. The topological polar surface area (TPSA) is 15.8 Å². The molecule has 1 heteroatoms. The van der Waals surface area contributed by atoms with Crippen molar-refractivity contribution in [2.45, 2.75) is 79.6 Å². The summed E-state index contributed by atoms with van der Waals surface area (Å²) in [4.78, 5) is 3.24. The number of allylic oxidation sites excluding steroid dienone is 2. The van der Waals surface area contributed by atoms with E-state index in [0.29, 0.717) is 5.41 Å². The predicted octanol–water partition coefficient (Wildman–Crippen LogP) is 9.58. The molecule has 1 aromatic heterocycles. The van der Waals surface area contributed by atoms with Gasteiger partial charge in [0.2, 0.25) is 0 Å². The molecule has 3 rings (SSSR count). The monoisotopic (exact) mass is 419 g/mol. The summed E-state index contributed by atoms with van der Waals surface area (Å²) in [5.74, 6) is 0. The number of rotatable bonds is 5. The SMILES string of the molecule is C=CCC.C=CCC.CCC(C)(C)c1ccc(C)cc1.CCc1c[nH]c2ccccc12. The molecule has 0 aliphatic rings. The highest BCUT2D eigenvalue weighted by atomic mass is 14.7. The van der Waals surface area contributed by atoms with Gasteiger partial charge >= 0.3 is 0 Å². The Labute approximate surface area is 192 Å². The highest BCUT2D eigenvalue weighted by Crippen LogP contribution is 2.26. The Kier molecular flexibility index (Phi) is 14.9. The molecule has 2 aromatic carbocycles. The number of aryl methyl sites for hydroxylation is 2. The summed E-state index contributed by atoms with van der Waals surface area (Å²) in [6.07, 6.45) is 10.3. The first kappa shape index (κ1) is 28.5. The van der Waals surface area contributed by atoms with Crippen molar-refractivity contribution >= 4 is 10.9 Å². The van der Waals surface area contributed by atoms with Crippen molar-refractivity contribution in [1.82, 2.24) is 4.98 Å². The van der Waals surface area contributed by atoms with Crippen LogP contribution >= 0.6 is 0 Å². The quantitative estimate of drug-likeness (QED) is 0.396. The van der Waals surface area contributed by atoms with Crippen molar-refractivity contribution in [3.05, 3.63) is 96.7 Å². The maximum Gasteiger partial charge on any atom is 0.0456 e. The molecule has 0 spiro atoms. The number of nitrogens with one attached hydrogen (secondary N) is 1. The zero-order chi connectivity index (χ0) is 23.7. The first-order valence-corrected chi connectivity index (χ1v) is 11.6. The average Bonchev–Trinajstić information content (AvgIpc) is 3.23. The smallest absolute Gasteiger partial charge is 0.0456 e. The molecular weight excluding hydrogens is 374 g/mol. The second-order valence-electron chi connectivity index (χ2n) is 8.21. The molecule has 0 unspecified atom stereocenters. The number of hydrogen-bond acceptors (Lipinski definition) is 0. The van der Waals surface area contributed by atoms with E-state index >= 15 is 0 Å². The maximum atomic E-state index is 3.48. The highest BCUT2D eigenvalue weighted by Gasteiger charge is 2.16. The van der Waals surface area contributed by atoms with Crippen LogP contribution in [0.15, 0.2) is 80.0 Å². The molecule has 31 heavy (non-hydrogen) atoms. The Morgan fingerprint density at radius 1 is 0.839 bits per heavy atom. The molecule has 3 aromatic rings. The van der Waals surface area contributed by atoms with Crippen molar-refractivity contribution in [3.8, 4) is 0 Å². The molecule has 0 fully saturated rings. The lowest BCUT2D eigenvalue weighted by molar-refractivity contribution is 0.506. The fourth-order valence-corrected chi connectivity index (χ4v) is 2.63. The van der Waals surface area contributed by atoms with E-state index in [2.05, 4.69) is 121 Å². The summed E-state index contributed by atoms with van der Waals surface area (Å²) >= 11 is 0. The van der Waals surface area contributed by atoms with Crippen molar-refractivity contribution in [3.63, 3.8) is 0 Å². The first-order chi connectivity index (χ1) is 14.8. The zero-order valence-corrected chi connectivity index (χ0v) is 21.1. The standard InChI is InChI=1S/C12H18.C10H11N.2C4H8/c1-5-12(3,4)11-8-6-10(2)7-9-11;1-2-8-7-11-10-6-4-3-5-9(8)10;2*1-3-4-2/h6-9H,5H2,1-4H3;3-7,11H,2H2,1H3;2*3H,1,4H2,2H3. The Bertz CT molecular complexity index is 842. The number of H-pyrrole nitrogens is 1. The van der Waals surface area contributed by atoms with Gasteiger partial charge in [0, 0.05) is 17.1 Å². The van der Waals surface area contributed by atoms with E-state index in [4.69, 9.17) is 0 Å². The minimum Gasteiger partial charge on any atom is -0.361 e. The average molecular weight is 420 g/mol. The van der Waals surface area contributed by atoms with Gasteiger partial charge in [-0.1, -0.05) is 102 Å². The fraction of sp³-hybridized carbons (Fsp3) is 0.400. The minimum atomic E-state index is 0.327. The van der Waals surface area contributed by atoms with Crippen LogP contribution in [0.3, 0.4) is 0 Å². The highest BCUT2D eigenvalue weighted by molar-refractivity contribution is 5.82. The molecule has 0 aliphatic carbocycles. The number of aromatic amines is 1. The van der Waals surface area contributed by atoms with E-state index in [1.165, 1.54) is 34.0 Å². The maximum absolute atomic E-state index is 3.48. The van der Waals surface area contributed by atoms with E-state index in [-0.39, 0.29) is 0 Å². The first-order valence-electron chi connectivity index (χ1n) is 11.6. The summed E-state index contributed by atoms with van der Waals surface area (Å²) in [5, 5.41) is 1.36. The largest absolute Gasteiger partial charge is 0.361 e. The molecule has 1 heterocycles. The van der Waals surface area contributed by atoms with Gasteiger partial charge in [-0.15, -0.1) is 13.2 Å². The van der Waals surface area contributed by atoms with E-state index in [9.17, 15) is 0 Å². The third-order valence-corrected chi connectivity index (χ3v) is 5.35. The van der Waals surface area contributed by atoms with Gasteiger partial charge in [0.15, 0.2) is 0 Å². The molecule has 0 saturated carbocycles. The molecule has 1 N–H and O–H groups in total. The van der Waals surface area contributed by atoms with E-state index in [0.717, 1.165) is 19.3 Å². The lowest BCUT2D eigenvalue weighted by atomic mass is 9.82. The van der Waals surface area contributed by atoms with Crippen LogP contribution in [0.25, 0.3) is 10.9 Å². The Balaban J connectivity index is 0.000000436. The van der Waals surface area contributed by atoms with Crippen LogP contribution in [0, 0.1) is 6.92 Å². The van der Waals surface area contributed by atoms with Gasteiger partial charge in [-0.2, -0.15) is 0 Å². The van der Waals surface area contributed by atoms with Gasteiger partial charge in [0.05, 0.1) is 0 Å². The van der Waals surface area contributed by atoms with Crippen molar-refractivity contribution in [1.29, 1.82) is 0 Å². The molecular formula is C30H45N. The lowest BCUT2D eigenvalue weighted by Crippen LogP contribution is -2.14. The zero-order valence-electron chi connectivity index (χ0n) is 21.1. The third-order valence-electron chi connectivity index (χ3n) is 5.35. The van der Waals surface area contributed by atoms with Crippen molar-refractivity contribution in [2.24, 2.45) is 0 Å². The number of fused-ring (bicyclic) bond motifs is 1. The predicted molar refractivity (Wildman–Crippen MR) is 143 cm³/mol. The van der Waals surface area contributed by atoms with Gasteiger partial charge in [-0.25, -0.2) is 0 Å². The molecule has 170 valence electrons. The van der Waals surface area contributed by atoms with E-state index in [1.54, 1.807) is 0 Å². The van der Waals surface area contributed by atoms with Gasteiger partial charge in [-0.05, 0) is 55.2 Å². The van der Waals surface area contributed by atoms with Crippen LogP contribution in [0.1, 0.15) is 77.5 Å². The van der Waals surface area contributed by atoms with Crippen molar-refractivity contribution < 1.29 is 0 Å². The minimum absolute atomic E-state index is 0.327. The number of aromatic nitrogens is 1. The second-order valence-corrected chi connectivity index (χ2v) is 8.21. The third kappa shape index (κ3) is 10.9. The fourth-order valence-electron chi connectivity index (χ4n) is 2.63. The molecule has 0 atom stereocenters. The van der Waals surface area contributed by atoms with Crippen LogP contribution in [0.5, 0.6) is 0 Å². The van der Waals surface area contributed by atoms with Gasteiger partial charge < -0.3 is 4.98 Å². The molecule has 0 saturated heterocycles. The molecule has 1 nitrogen and oxygen atoms in total. The molecule has 0 radical (unpaired) electrons. The Morgan fingerprint density at radius 3 is 1.81 bits per heavy atom. The Morgan fingerprint density at radius 2 is 1.35 bits per heavy atom. The Hall–Kier alpha value is -2.54. The molecule has 0 amide bonds. The molecule has 0 aliphatic heterocycles. The lowest BCUT2D eigenvalue weighted by Gasteiger charge is -2.23. The van der Waals surface area contributed by atoms with E-state index in [1.807, 2.05) is 12.2 Å². The van der Waals surface area contributed by atoms with Gasteiger partial charge in [0.1, 0.15) is 0 Å². The summed E-state index contributed by atoms with van der Waals surface area (Å²) in [5.41, 5.74) is 5.75. The summed E-state index contributed by atoms with van der Waals surface area (Å²) in [6.45, 7) is 22.2. The van der Waals surface area contributed by atoms with Crippen molar-refractivity contribution in [2.75, 3.05) is 0 Å². The molecule has 0 bridgehead atoms. The number of para-hydroxylation sites is 1. The van der Waals surface area contributed by atoms with E-state index < -0.39 is 0 Å². The van der Waals surface area contributed by atoms with Crippen LogP contribution in [0.2, 0.25) is 0 Å². The normalized spacial score (nSPS) is 9.90. The van der Waals surface area contributed by atoms with Crippen LogP contribution in [-0.4, -0.2) is 4.98 Å². The van der Waals surface area contributed by atoms with Gasteiger partial charge in [-0.3, -0.25) is 0 Å². The number of benzene rings is 2. The van der Waals surface area contributed by atoms with Crippen LogP contribution in [-0.2, 0) is 11.8 Å². The van der Waals surface area contributed by atoms with Crippen LogP contribution < -0.4 is 0 Å². The summed E-state index contributed by atoms with van der Waals surface area (Å²) in [6, 6.07) is 17.2.